The van der Waals surface area contributed by atoms with Crippen LogP contribution in [0.15, 0.2) is 24.3 Å². The first-order chi connectivity index (χ1) is 9.10. The number of anilines is 1. The summed E-state index contributed by atoms with van der Waals surface area (Å²) in [5.74, 6) is 0.0602. The quantitative estimate of drug-likeness (QED) is 0.867. The van der Waals surface area contributed by atoms with Crippen molar-refractivity contribution in [3.05, 3.63) is 29.8 Å². The smallest absolute Gasteiger partial charge is 0.217 e. The molecule has 4 heteroatoms. The number of amides is 1. The van der Waals surface area contributed by atoms with Crippen LogP contribution < -0.4 is 15.5 Å². The number of hydrogen-bond acceptors (Lipinski definition) is 3. The van der Waals surface area contributed by atoms with Gasteiger partial charge in [-0.2, -0.15) is 0 Å². The van der Waals surface area contributed by atoms with Crippen LogP contribution in [0, 0.1) is 0 Å². The minimum Gasteiger partial charge on any atom is -0.369 e. The van der Waals surface area contributed by atoms with Crippen LogP contribution in [0.25, 0.3) is 0 Å². The molecule has 2 rings (SSSR count). The molecule has 1 amide bonds. The third-order valence-corrected chi connectivity index (χ3v) is 3.79. The van der Waals surface area contributed by atoms with Crippen LogP contribution in [-0.2, 0) is 4.79 Å². The number of nitrogens with one attached hydrogen (secondary N) is 2. The van der Waals surface area contributed by atoms with Crippen LogP contribution in [0.4, 0.5) is 5.69 Å². The predicted molar refractivity (Wildman–Crippen MR) is 78.4 cm³/mol. The molecule has 1 aromatic rings. The lowest BCUT2D eigenvalue weighted by atomic mass is 10.1. The Hall–Kier alpha value is -1.55. The molecule has 2 unspecified atom stereocenters. The highest BCUT2D eigenvalue weighted by atomic mass is 16.1. The van der Waals surface area contributed by atoms with Gasteiger partial charge in [-0.15, -0.1) is 0 Å². The average Bonchev–Trinajstić information content (AvgIpc) is 2.85. The fourth-order valence-corrected chi connectivity index (χ4v) is 2.54. The van der Waals surface area contributed by atoms with Gasteiger partial charge in [0.05, 0.1) is 0 Å². The van der Waals surface area contributed by atoms with Gasteiger partial charge in [0.25, 0.3) is 0 Å². The van der Waals surface area contributed by atoms with Crippen LogP contribution >= 0.6 is 0 Å². The highest BCUT2D eigenvalue weighted by Gasteiger charge is 2.23. The molecule has 0 bridgehead atoms. The maximum atomic E-state index is 11.1. The van der Waals surface area contributed by atoms with Gasteiger partial charge in [0.15, 0.2) is 0 Å². The Morgan fingerprint density at radius 3 is 2.63 bits per heavy atom. The summed E-state index contributed by atoms with van der Waals surface area (Å²) in [7, 11) is 1.97. The number of nitrogens with zero attached hydrogens (tertiary/aromatic N) is 1. The summed E-state index contributed by atoms with van der Waals surface area (Å²) in [5.41, 5.74) is 2.53. The zero-order valence-electron chi connectivity index (χ0n) is 11.9. The fourth-order valence-electron chi connectivity index (χ4n) is 2.54. The van der Waals surface area contributed by atoms with Gasteiger partial charge in [-0.1, -0.05) is 12.1 Å². The van der Waals surface area contributed by atoms with Gasteiger partial charge < -0.3 is 15.5 Å². The van der Waals surface area contributed by atoms with E-state index in [1.807, 2.05) is 7.05 Å². The molecule has 19 heavy (non-hydrogen) atoms. The molecule has 2 N–H and O–H groups in total. The number of hydrogen-bond donors (Lipinski definition) is 2. The van der Waals surface area contributed by atoms with Gasteiger partial charge in [0, 0.05) is 37.8 Å². The van der Waals surface area contributed by atoms with Crippen molar-refractivity contribution >= 4 is 11.6 Å². The lowest BCUT2D eigenvalue weighted by molar-refractivity contribution is -0.119. The van der Waals surface area contributed by atoms with Gasteiger partial charge in [0.2, 0.25) is 5.91 Å². The molecule has 1 aliphatic heterocycles. The summed E-state index contributed by atoms with van der Waals surface area (Å²) in [6.07, 6.45) is 1.02. The molecule has 0 aromatic heterocycles. The molecule has 1 heterocycles. The summed E-state index contributed by atoms with van der Waals surface area (Å²) >= 11 is 0. The summed E-state index contributed by atoms with van der Waals surface area (Å²) in [5, 5.41) is 6.23. The maximum absolute atomic E-state index is 11.1. The first kappa shape index (κ1) is 13.9. The van der Waals surface area contributed by atoms with Crippen molar-refractivity contribution in [2.24, 2.45) is 0 Å². The highest BCUT2D eigenvalue weighted by Crippen LogP contribution is 2.22. The molecule has 0 aliphatic carbocycles. The molecule has 1 fully saturated rings. The normalized spacial score (nSPS) is 20.4. The molecule has 0 radical (unpaired) electrons. The predicted octanol–water partition coefficient (Wildman–Crippen LogP) is 1.68. The Bertz CT molecular complexity index is 430. The zero-order chi connectivity index (χ0) is 13.8. The van der Waals surface area contributed by atoms with E-state index in [1.165, 1.54) is 11.3 Å². The van der Waals surface area contributed by atoms with E-state index in [-0.39, 0.29) is 11.9 Å². The second-order valence-electron chi connectivity index (χ2n) is 5.23. The van der Waals surface area contributed by atoms with Crippen molar-refractivity contribution in [2.45, 2.75) is 32.4 Å². The molecule has 1 saturated heterocycles. The number of carbonyl (C=O) groups excluding carboxylic acids is 1. The molecular formula is C15H23N3O. The Labute approximate surface area is 115 Å². The zero-order valence-corrected chi connectivity index (χ0v) is 11.9. The lowest BCUT2D eigenvalue weighted by Gasteiger charge is -2.20. The van der Waals surface area contributed by atoms with Crippen molar-refractivity contribution in [2.75, 3.05) is 25.0 Å². The molecule has 1 aromatic carbocycles. The van der Waals surface area contributed by atoms with Crippen molar-refractivity contribution in [1.82, 2.24) is 10.6 Å². The van der Waals surface area contributed by atoms with Gasteiger partial charge in [-0.05, 0) is 38.1 Å². The minimum absolute atomic E-state index is 0.0602. The summed E-state index contributed by atoms with van der Waals surface area (Å²) < 4.78 is 0. The van der Waals surface area contributed by atoms with Crippen molar-refractivity contribution in [3.8, 4) is 0 Å². The van der Waals surface area contributed by atoms with Crippen LogP contribution in [0.5, 0.6) is 0 Å². The van der Waals surface area contributed by atoms with Gasteiger partial charge >= 0.3 is 0 Å². The molecule has 0 spiro atoms. The molecule has 104 valence electrons. The number of benzene rings is 1. The van der Waals surface area contributed by atoms with E-state index in [9.17, 15) is 4.79 Å². The van der Waals surface area contributed by atoms with Crippen molar-refractivity contribution in [1.29, 1.82) is 0 Å². The Kier molecular flexibility index (Phi) is 4.43. The highest BCUT2D eigenvalue weighted by molar-refractivity contribution is 5.73. The number of rotatable bonds is 4. The van der Waals surface area contributed by atoms with E-state index in [0.29, 0.717) is 6.04 Å². The van der Waals surface area contributed by atoms with E-state index in [2.05, 4.69) is 46.7 Å². The lowest BCUT2D eigenvalue weighted by Crippen LogP contribution is -2.35. The van der Waals surface area contributed by atoms with Crippen LogP contribution in [-0.4, -0.2) is 32.1 Å². The summed E-state index contributed by atoms with van der Waals surface area (Å²) in [6, 6.07) is 9.33. The van der Waals surface area contributed by atoms with Gasteiger partial charge in [-0.25, -0.2) is 0 Å². The first-order valence-corrected chi connectivity index (χ1v) is 6.89. The van der Waals surface area contributed by atoms with E-state index >= 15 is 0 Å². The SMILES string of the molecule is CNC(C)c1ccc(N2CCC(NC(C)=O)C2)cc1. The van der Waals surface area contributed by atoms with Gasteiger partial charge in [0.1, 0.15) is 0 Å². The Morgan fingerprint density at radius 2 is 2.05 bits per heavy atom. The first-order valence-electron chi connectivity index (χ1n) is 6.89. The van der Waals surface area contributed by atoms with E-state index in [4.69, 9.17) is 0 Å². The summed E-state index contributed by atoms with van der Waals surface area (Å²) in [6.45, 7) is 5.64. The number of carbonyl (C=O) groups is 1. The second-order valence-corrected chi connectivity index (χ2v) is 5.23. The molecule has 4 nitrogen and oxygen atoms in total. The van der Waals surface area contributed by atoms with Crippen LogP contribution in [0.1, 0.15) is 31.9 Å². The average molecular weight is 261 g/mol. The van der Waals surface area contributed by atoms with E-state index < -0.39 is 0 Å². The third-order valence-electron chi connectivity index (χ3n) is 3.79. The van der Waals surface area contributed by atoms with Crippen LogP contribution in [0.3, 0.4) is 0 Å². The van der Waals surface area contributed by atoms with Crippen LogP contribution in [0.2, 0.25) is 0 Å². The molecule has 1 aliphatic rings. The monoisotopic (exact) mass is 261 g/mol. The van der Waals surface area contributed by atoms with Gasteiger partial charge in [-0.3, -0.25) is 4.79 Å². The third kappa shape index (κ3) is 3.47. The summed E-state index contributed by atoms with van der Waals surface area (Å²) in [4.78, 5) is 13.4. The van der Waals surface area contributed by atoms with E-state index in [0.717, 1.165) is 19.5 Å². The Morgan fingerprint density at radius 1 is 1.37 bits per heavy atom. The van der Waals surface area contributed by atoms with E-state index in [1.54, 1.807) is 6.92 Å². The Balaban J connectivity index is 1.98. The fraction of sp³-hybridized carbons (Fsp3) is 0.533. The van der Waals surface area contributed by atoms with Crippen molar-refractivity contribution < 1.29 is 4.79 Å². The standard InChI is InChI=1S/C15H23N3O/c1-11(16-3)13-4-6-15(7-5-13)18-9-8-14(10-18)17-12(2)19/h4-7,11,14,16H,8-10H2,1-3H3,(H,17,19). The largest absolute Gasteiger partial charge is 0.369 e. The maximum Gasteiger partial charge on any atom is 0.217 e. The topological polar surface area (TPSA) is 44.4 Å². The second kappa shape index (κ2) is 6.06. The minimum atomic E-state index is 0.0602. The molecule has 0 saturated carbocycles. The molecular weight excluding hydrogens is 238 g/mol. The van der Waals surface area contributed by atoms with Crippen molar-refractivity contribution in [3.63, 3.8) is 0 Å². The molecule has 2 atom stereocenters.